The summed E-state index contributed by atoms with van der Waals surface area (Å²) in [6, 6.07) is 6.21. The molecule has 2 N–H and O–H groups in total. The molecule has 7 heteroatoms. The van der Waals surface area contributed by atoms with Crippen LogP contribution >= 0.6 is 0 Å². The van der Waals surface area contributed by atoms with Gasteiger partial charge in [0.1, 0.15) is 5.82 Å². The molecule has 0 aliphatic carbocycles. The molecule has 0 fully saturated rings. The lowest BCUT2D eigenvalue weighted by Crippen LogP contribution is -2.27. The topological polar surface area (TPSA) is 85.2 Å². The van der Waals surface area contributed by atoms with E-state index in [9.17, 15) is 9.18 Å². The zero-order chi connectivity index (χ0) is 13.1. The van der Waals surface area contributed by atoms with Gasteiger partial charge in [-0.3, -0.25) is 4.79 Å². The van der Waals surface area contributed by atoms with Gasteiger partial charge in [-0.2, -0.15) is 0 Å². The number of carbonyl (C=O) groups excluding carboxylic acids is 1. The van der Waals surface area contributed by atoms with Gasteiger partial charge in [-0.15, -0.1) is 0 Å². The first kappa shape index (κ1) is 12.0. The van der Waals surface area contributed by atoms with Crippen molar-refractivity contribution >= 4 is 11.7 Å². The van der Waals surface area contributed by atoms with Crippen LogP contribution in [0.5, 0.6) is 0 Å². The highest BCUT2D eigenvalue weighted by Gasteiger charge is 2.20. The van der Waals surface area contributed by atoms with Crippen LogP contribution in [0.4, 0.5) is 10.2 Å². The third-order valence-electron chi connectivity index (χ3n) is 2.43. The Balaban J connectivity index is 2.14. The van der Waals surface area contributed by atoms with E-state index in [1.165, 1.54) is 18.0 Å². The molecule has 2 rings (SSSR count). The summed E-state index contributed by atoms with van der Waals surface area (Å²) < 4.78 is 17.8. The van der Waals surface area contributed by atoms with Gasteiger partial charge < -0.3 is 10.6 Å². The number of nitrogen functional groups attached to an aromatic ring is 1. The molecule has 1 amide bonds. The molecule has 1 heterocycles. The van der Waals surface area contributed by atoms with Crippen molar-refractivity contribution in [2.45, 2.75) is 6.54 Å². The summed E-state index contributed by atoms with van der Waals surface area (Å²) in [7, 11) is 1.52. The molecule has 1 aromatic heterocycles. The van der Waals surface area contributed by atoms with E-state index in [-0.39, 0.29) is 23.9 Å². The van der Waals surface area contributed by atoms with Crippen molar-refractivity contribution in [1.29, 1.82) is 0 Å². The van der Waals surface area contributed by atoms with E-state index < -0.39 is 5.91 Å². The number of anilines is 1. The highest BCUT2D eigenvalue weighted by molar-refractivity contribution is 5.95. The van der Waals surface area contributed by atoms with Crippen LogP contribution in [0.3, 0.4) is 0 Å². The monoisotopic (exact) mass is 250 g/mol. The Morgan fingerprint density at radius 2 is 2.17 bits per heavy atom. The summed E-state index contributed by atoms with van der Waals surface area (Å²) in [5, 5.41) is 6.72. The van der Waals surface area contributed by atoms with Crippen molar-refractivity contribution in [1.82, 2.24) is 15.2 Å². The quantitative estimate of drug-likeness (QED) is 0.880. The third-order valence-corrected chi connectivity index (χ3v) is 2.43. The Bertz CT molecular complexity index is 570. The number of rotatable bonds is 3. The standard InChI is InChI=1S/C11H11FN4O2/c1-16(6-7-4-2-3-5-8(7)12)11(17)9-10(13)15-18-14-9/h2-5H,6H2,1H3,(H2,13,15). The summed E-state index contributed by atoms with van der Waals surface area (Å²) in [6.07, 6.45) is 0. The molecule has 0 unspecified atom stereocenters. The number of hydrogen-bond acceptors (Lipinski definition) is 5. The van der Waals surface area contributed by atoms with Crippen molar-refractivity contribution in [3.8, 4) is 0 Å². The average molecular weight is 250 g/mol. The number of carbonyl (C=O) groups is 1. The van der Waals surface area contributed by atoms with Crippen molar-refractivity contribution in [2.75, 3.05) is 12.8 Å². The van der Waals surface area contributed by atoms with Crippen LogP contribution in [0.25, 0.3) is 0 Å². The molecular formula is C11H11FN4O2. The predicted octanol–water partition coefficient (Wildman–Crippen LogP) is 1.06. The summed E-state index contributed by atoms with van der Waals surface area (Å²) >= 11 is 0. The largest absolute Gasteiger partial charge is 0.379 e. The van der Waals surface area contributed by atoms with Crippen LogP contribution in [0.2, 0.25) is 0 Å². The van der Waals surface area contributed by atoms with E-state index in [0.717, 1.165) is 0 Å². The van der Waals surface area contributed by atoms with E-state index in [4.69, 9.17) is 5.73 Å². The molecule has 94 valence electrons. The fraction of sp³-hybridized carbons (Fsp3) is 0.182. The zero-order valence-electron chi connectivity index (χ0n) is 9.63. The molecule has 2 aromatic rings. The zero-order valence-corrected chi connectivity index (χ0v) is 9.63. The normalized spacial score (nSPS) is 10.3. The minimum atomic E-state index is -0.475. The minimum absolute atomic E-state index is 0.0751. The summed E-state index contributed by atoms with van der Waals surface area (Å²) in [5.74, 6) is -0.930. The Hall–Kier alpha value is -2.44. The van der Waals surface area contributed by atoms with Gasteiger partial charge in [-0.1, -0.05) is 18.2 Å². The Labute approximate surface area is 102 Å². The number of benzene rings is 1. The fourth-order valence-electron chi connectivity index (χ4n) is 1.48. The van der Waals surface area contributed by atoms with Crippen LogP contribution in [-0.2, 0) is 6.54 Å². The molecular weight excluding hydrogens is 239 g/mol. The minimum Gasteiger partial charge on any atom is -0.379 e. The molecule has 0 atom stereocenters. The first-order valence-corrected chi connectivity index (χ1v) is 5.16. The van der Waals surface area contributed by atoms with Gasteiger partial charge >= 0.3 is 0 Å². The van der Waals surface area contributed by atoms with Crippen molar-refractivity contribution in [2.24, 2.45) is 0 Å². The van der Waals surface area contributed by atoms with E-state index in [1.807, 2.05) is 0 Å². The van der Waals surface area contributed by atoms with Crippen LogP contribution in [0.15, 0.2) is 28.9 Å². The van der Waals surface area contributed by atoms with Gasteiger partial charge in [-0.05, 0) is 16.4 Å². The number of halogens is 1. The van der Waals surface area contributed by atoms with Gasteiger partial charge in [0, 0.05) is 19.2 Å². The average Bonchev–Trinajstić information content (AvgIpc) is 2.77. The van der Waals surface area contributed by atoms with E-state index in [2.05, 4.69) is 14.9 Å². The molecule has 6 nitrogen and oxygen atoms in total. The number of nitrogens with zero attached hydrogens (tertiary/aromatic N) is 3. The van der Waals surface area contributed by atoms with Gasteiger partial charge in [0.2, 0.25) is 11.5 Å². The van der Waals surface area contributed by atoms with Crippen molar-refractivity contribution in [3.63, 3.8) is 0 Å². The van der Waals surface area contributed by atoms with E-state index in [0.29, 0.717) is 5.56 Å². The highest BCUT2D eigenvalue weighted by atomic mass is 19.1. The third kappa shape index (κ3) is 2.29. The molecule has 18 heavy (non-hydrogen) atoms. The van der Waals surface area contributed by atoms with Crippen molar-refractivity contribution in [3.05, 3.63) is 41.3 Å². The van der Waals surface area contributed by atoms with Crippen LogP contribution in [0, 0.1) is 5.82 Å². The molecule has 0 aliphatic rings. The fourth-order valence-corrected chi connectivity index (χ4v) is 1.48. The van der Waals surface area contributed by atoms with Crippen LogP contribution in [0.1, 0.15) is 16.1 Å². The highest BCUT2D eigenvalue weighted by Crippen LogP contribution is 2.12. The SMILES string of the molecule is CN(Cc1ccccc1F)C(=O)c1nonc1N. The predicted molar refractivity (Wildman–Crippen MR) is 60.9 cm³/mol. The molecule has 0 saturated carbocycles. The summed E-state index contributed by atoms with van der Waals surface area (Å²) in [6.45, 7) is 0.109. The second kappa shape index (κ2) is 4.82. The summed E-state index contributed by atoms with van der Waals surface area (Å²) in [5.41, 5.74) is 5.74. The molecule has 0 aliphatic heterocycles. The van der Waals surface area contributed by atoms with Crippen LogP contribution < -0.4 is 5.73 Å². The number of hydrogen-bond donors (Lipinski definition) is 1. The maximum atomic E-state index is 13.4. The second-order valence-electron chi connectivity index (χ2n) is 3.75. The number of amides is 1. The number of nitrogens with two attached hydrogens (primary N) is 1. The Morgan fingerprint density at radius 3 is 2.78 bits per heavy atom. The number of aromatic nitrogens is 2. The second-order valence-corrected chi connectivity index (χ2v) is 3.75. The molecule has 0 saturated heterocycles. The van der Waals surface area contributed by atoms with Gasteiger partial charge in [-0.25, -0.2) is 9.02 Å². The molecule has 1 aromatic carbocycles. The Kier molecular flexibility index (Phi) is 3.22. The molecule has 0 spiro atoms. The van der Waals surface area contributed by atoms with Gasteiger partial charge in [0.25, 0.3) is 5.91 Å². The van der Waals surface area contributed by atoms with Crippen LogP contribution in [-0.4, -0.2) is 28.2 Å². The first-order chi connectivity index (χ1) is 8.59. The smallest absolute Gasteiger partial charge is 0.280 e. The van der Waals surface area contributed by atoms with E-state index in [1.54, 1.807) is 18.2 Å². The summed E-state index contributed by atoms with van der Waals surface area (Å²) in [4.78, 5) is 13.2. The molecule has 0 bridgehead atoms. The van der Waals surface area contributed by atoms with E-state index >= 15 is 0 Å². The lowest BCUT2D eigenvalue weighted by Gasteiger charge is -2.15. The maximum Gasteiger partial charge on any atom is 0.280 e. The van der Waals surface area contributed by atoms with Crippen molar-refractivity contribution < 1.29 is 13.8 Å². The van der Waals surface area contributed by atoms with Gasteiger partial charge in [0.05, 0.1) is 0 Å². The Morgan fingerprint density at radius 1 is 1.44 bits per heavy atom. The lowest BCUT2D eigenvalue weighted by molar-refractivity contribution is 0.0773. The van der Waals surface area contributed by atoms with Gasteiger partial charge in [0.15, 0.2) is 0 Å². The lowest BCUT2D eigenvalue weighted by atomic mass is 10.2. The first-order valence-electron chi connectivity index (χ1n) is 5.16. The molecule has 0 radical (unpaired) electrons. The maximum absolute atomic E-state index is 13.4.